The van der Waals surface area contributed by atoms with Gasteiger partial charge in [0.05, 0.1) is 12.5 Å². The van der Waals surface area contributed by atoms with E-state index in [-0.39, 0.29) is 18.2 Å². The van der Waals surface area contributed by atoms with Crippen LogP contribution in [0.25, 0.3) is 0 Å². The zero-order valence-corrected chi connectivity index (χ0v) is 15.8. The molecule has 2 rings (SSSR count). The fourth-order valence-corrected chi connectivity index (χ4v) is 2.64. The summed E-state index contributed by atoms with van der Waals surface area (Å²) in [6.07, 6.45) is 0.241. The lowest BCUT2D eigenvalue weighted by molar-refractivity contribution is -0.144. The molecule has 0 aliphatic rings. The van der Waals surface area contributed by atoms with Crippen molar-refractivity contribution in [2.45, 2.75) is 26.2 Å². The number of carbonyl (C=O) groups is 2. The molecule has 0 bridgehead atoms. The lowest BCUT2D eigenvalue weighted by Crippen LogP contribution is -2.16. The minimum atomic E-state index is -0.495. The number of hydrogen-bond donors (Lipinski definition) is 0. The summed E-state index contributed by atoms with van der Waals surface area (Å²) in [5.74, 6) is 4.38. The number of esters is 1. The maximum Gasteiger partial charge on any atom is 0.314 e. The summed E-state index contributed by atoms with van der Waals surface area (Å²) in [6, 6.07) is 14.7. The highest BCUT2D eigenvalue weighted by Crippen LogP contribution is 2.22. The zero-order chi connectivity index (χ0) is 18.2. The topological polar surface area (TPSA) is 43.4 Å². The van der Waals surface area contributed by atoms with Crippen molar-refractivity contribution in [1.29, 1.82) is 0 Å². The molecule has 0 fully saturated rings. The van der Waals surface area contributed by atoms with Crippen molar-refractivity contribution in [2.75, 3.05) is 6.61 Å². The van der Waals surface area contributed by atoms with Crippen LogP contribution in [0.1, 0.15) is 40.7 Å². The van der Waals surface area contributed by atoms with Gasteiger partial charge in [0.2, 0.25) is 5.78 Å². The molecule has 0 aliphatic heterocycles. The Kier molecular flexibility index (Phi) is 6.97. The first-order valence-corrected chi connectivity index (χ1v) is 8.82. The van der Waals surface area contributed by atoms with Gasteiger partial charge in [0.1, 0.15) is 0 Å². The molecule has 0 spiro atoms. The van der Waals surface area contributed by atoms with Crippen molar-refractivity contribution in [2.24, 2.45) is 0 Å². The SMILES string of the molecule is CCOC(=O)C(CC#CC(=O)c1ccc(Br)cc1)c1cccc(C)c1. The van der Waals surface area contributed by atoms with Crippen LogP contribution in [0.5, 0.6) is 0 Å². The minimum absolute atomic E-state index is 0.241. The average molecular weight is 399 g/mol. The molecule has 0 radical (unpaired) electrons. The first-order chi connectivity index (χ1) is 12.0. The molecule has 2 aromatic rings. The molecule has 0 N–H and O–H groups in total. The number of hydrogen-bond acceptors (Lipinski definition) is 3. The van der Waals surface area contributed by atoms with E-state index in [0.29, 0.717) is 12.2 Å². The molecule has 0 heterocycles. The van der Waals surface area contributed by atoms with Gasteiger partial charge >= 0.3 is 5.97 Å². The van der Waals surface area contributed by atoms with Crippen LogP contribution < -0.4 is 0 Å². The van der Waals surface area contributed by atoms with Gasteiger partial charge in [-0.05, 0) is 49.6 Å². The van der Waals surface area contributed by atoms with Crippen molar-refractivity contribution < 1.29 is 14.3 Å². The van der Waals surface area contributed by atoms with E-state index >= 15 is 0 Å². The lowest BCUT2D eigenvalue weighted by atomic mass is 9.94. The maximum absolute atomic E-state index is 12.3. The number of carbonyl (C=O) groups excluding carboxylic acids is 2. The van der Waals surface area contributed by atoms with Gasteiger partial charge in [-0.3, -0.25) is 9.59 Å². The second-order valence-electron chi connectivity index (χ2n) is 5.56. The molecule has 25 heavy (non-hydrogen) atoms. The molecule has 1 atom stereocenters. The minimum Gasteiger partial charge on any atom is -0.465 e. The average Bonchev–Trinajstić information content (AvgIpc) is 2.59. The van der Waals surface area contributed by atoms with Gasteiger partial charge in [-0.25, -0.2) is 0 Å². The normalized spacial score (nSPS) is 11.2. The molecule has 0 aliphatic carbocycles. The van der Waals surface area contributed by atoms with Crippen molar-refractivity contribution in [1.82, 2.24) is 0 Å². The molecule has 3 nitrogen and oxygen atoms in total. The third kappa shape index (κ3) is 5.58. The van der Waals surface area contributed by atoms with Gasteiger partial charge < -0.3 is 4.74 Å². The summed E-state index contributed by atoms with van der Waals surface area (Å²) in [4.78, 5) is 24.4. The van der Waals surface area contributed by atoms with Crippen molar-refractivity contribution in [3.63, 3.8) is 0 Å². The van der Waals surface area contributed by atoms with Crippen LogP contribution in [0.15, 0.2) is 53.0 Å². The van der Waals surface area contributed by atoms with Crippen molar-refractivity contribution >= 4 is 27.7 Å². The molecule has 128 valence electrons. The molecule has 1 unspecified atom stereocenters. The standard InChI is InChI=1S/C21H19BrO3/c1-3-25-21(24)19(17-7-4-6-15(2)14-17)8-5-9-20(23)16-10-12-18(22)13-11-16/h4,6-7,10-14,19H,3,8H2,1-2H3. The van der Waals surface area contributed by atoms with Crippen LogP contribution in [0, 0.1) is 18.8 Å². The van der Waals surface area contributed by atoms with Crippen LogP contribution in [-0.4, -0.2) is 18.4 Å². The number of halogens is 1. The Morgan fingerprint density at radius 3 is 2.52 bits per heavy atom. The Bertz CT molecular complexity index is 813. The van der Waals surface area contributed by atoms with E-state index in [1.165, 1.54) is 0 Å². The lowest BCUT2D eigenvalue weighted by Gasteiger charge is -2.13. The maximum atomic E-state index is 12.3. The quantitative estimate of drug-likeness (QED) is 0.317. The Balaban J connectivity index is 2.16. The van der Waals surface area contributed by atoms with E-state index in [1.54, 1.807) is 31.2 Å². The largest absolute Gasteiger partial charge is 0.465 e. The molecule has 2 aromatic carbocycles. The summed E-state index contributed by atoms with van der Waals surface area (Å²) in [5, 5.41) is 0. The number of Topliss-reactive ketones (excluding diaryl/α,β-unsaturated/α-hetero) is 1. The van der Waals surface area contributed by atoms with Crippen LogP contribution in [0.4, 0.5) is 0 Å². The van der Waals surface area contributed by atoms with Gasteiger partial charge in [0, 0.05) is 16.5 Å². The Labute approximate surface area is 156 Å². The van der Waals surface area contributed by atoms with Crippen molar-refractivity contribution in [3.8, 4) is 11.8 Å². The van der Waals surface area contributed by atoms with Crippen LogP contribution in [-0.2, 0) is 9.53 Å². The molecular formula is C21H19BrO3. The highest BCUT2D eigenvalue weighted by molar-refractivity contribution is 9.10. The summed E-state index contributed by atoms with van der Waals surface area (Å²) < 4.78 is 6.06. The van der Waals surface area contributed by atoms with Gasteiger partial charge in [-0.15, -0.1) is 0 Å². The van der Waals surface area contributed by atoms with Gasteiger partial charge in [0.15, 0.2) is 0 Å². The van der Waals surface area contributed by atoms with Gasteiger partial charge in [-0.2, -0.15) is 0 Å². The zero-order valence-electron chi connectivity index (χ0n) is 14.2. The third-order valence-corrected chi connectivity index (χ3v) is 4.16. The van der Waals surface area contributed by atoms with Gasteiger partial charge in [-0.1, -0.05) is 51.7 Å². The van der Waals surface area contributed by atoms with E-state index in [0.717, 1.165) is 15.6 Å². The first kappa shape index (κ1) is 19.0. The van der Waals surface area contributed by atoms with Crippen molar-refractivity contribution in [3.05, 3.63) is 69.7 Å². The van der Waals surface area contributed by atoms with E-state index in [1.807, 2.05) is 31.2 Å². The number of rotatable bonds is 5. The molecule has 0 aromatic heterocycles. The summed E-state index contributed by atoms with van der Waals surface area (Å²) in [6.45, 7) is 4.05. The summed E-state index contributed by atoms with van der Waals surface area (Å²) in [7, 11) is 0. The molecule has 0 amide bonds. The van der Waals surface area contributed by atoms with Crippen LogP contribution >= 0.6 is 15.9 Å². The second kappa shape index (κ2) is 9.19. The molecule has 0 saturated heterocycles. The smallest absolute Gasteiger partial charge is 0.314 e. The number of ketones is 1. The number of ether oxygens (including phenoxy) is 1. The molecule has 4 heteroatoms. The summed E-state index contributed by atoms with van der Waals surface area (Å²) >= 11 is 3.33. The highest BCUT2D eigenvalue weighted by atomic mass is 79.9. The summed E-state index contributed by atoms with van der Waals surface area (Å²) in [5.41, 5.74) is 2.44. The Morgan fingerprint density at radius 1 is 1.16 bits per heavy atom. The van der Waals surface area contributed by atoms with E-state index in [9.17, 15) is 9.59 Å². The van der Waals surface area contributed by atoms with E-state index in [4.69, 9.17) is 4.74 Å². The third-order valence-electron chi connectivity index (χ3n) is 3.63. The monoisotopic (exact) mass is 398 g/mol. The van der Waals surface area contributed by atoms with Crippen LogP contribution in [0.3, 0.4) is 0 Å². The van der Waals surface area contributed by atoms with E-state index in [2.05, 4.69) is 27.8 Å². The molecule has 0 saturated carbocycles. The molecular weight excluding hydrogens is 380 g/mol. The first-order valence-electron chi connectivity index (χ1n) is 8.03. The number of aryl methyl sites for hydroxylation is 1. The highest BCUT2D eigenvalue weighted by Gasteiger charge is 2.21. The van der Waals surface area contributed by atoms with Gasteiger partial charge in [0.25, 0.3) is 0 Å². The van der Waals surface area contributed by atoms with Crippen LogP contribution in [0.2, 0.25) is 0 Å². The predicted octanol–water partition coefficient (Wildman–Crippen LogP) is 4.68. The fourth-order valence-electron chi connectivity index (χ4n) is 2.37. The second-order valence-corrected chi connectivity index (χ2v) is 6.48. The fraction of sp³-hybridized carbons (Fsp3) is 0.238. The predicted molar refractivity (Wildman–Crippen MR) is 101 cm³/mol. The number of benzene rings is 2. The van der Waals surface area contributed by atoms with E-state index < -0.39 is 5.92 Å². The Morgan fingerprint density at radius 2 is 1.88 bits per heavy atom. The Hall–Kier alpha value is -2.38.